The number of hydrogen-bond acceptors (Lipinski definition) is 5. The normalized spacial score (nSPS) is 15.7. The summed E-state index contributed by atoms with van der Waals surface area (Å²) in [6, 6.07) is 2.79. The van der Waals surface area contributed by atoms with Gasteiger partial charge in [0.15, 0.2) is 10.8 Å². The van der Waals surface area contributed by atoms with Gasteiger partial charge < -0.3 is 14.8 Å². The van der Waals surface area contributed by atoms with Crippen LogP contribution < -0.4 is 5.32 Å². The summed E-state index contributed by atoms with van der Waals surface area (Å²) >= 11 is 1.29. The van der Waals surface area contributed by atoms with Crippen molar-refractivity contribution >= 4 is 23.2 Å². The number of nitrogens with zero attached hydrogens (tertiary/aromatic N) is 1. The van der Waals surface area contributed by atoms with E-state index in [-0.39, 0.29) is 11.6 Å². The van der Waals surface area contributed by atoms with Crippen LogP contribution in [0.25, 0.3) is 10.8 Å². The number of hydrogen-bond donors (Lipinski definition) is 2. The predicted molar refractivity (Wildman–Crippen MR) is 76.2 cm³/mol. The second-order valence-electron chi connectivity index (χ2n) is 5.07. The zero-order chi connectivity index (χ0) is 15.0. The van der Waals surface area contributed by atoms with Crippen LogP contribution in [0.3, 0.4) is 0 Å². The van der Waals surface area contributed by atoms with Crippen LogP contribution >= 0.6 is 11.3 Å². The molecule has 2 N–H and O–H groups in total. The van der Waals surface area contributed by atoms with Crippen LogP contribution in [0.4, 0.5) is 0 Å². The van der Waals surface area contributed by atoms with Crippen molar-refractivity contribution in [3.8, 4) is 10.8 Å². The third-order valence-corrected chi connectivity index (χ3v) is 4.19. The SMILES string of the molecule is Cc1ccc(-c2nc(C(=O)NC(C(=O)O)C3CC3)cs2)o1. The van der Waals surface area contributed by atoms with Crippen LogP contribution in [0, 0.1) is 12.8 Å². The molecule has 1 aliphatic carbocycles. The number of furan rings is 1. The summed E-state index contributed by atoms with van der Waals surface area (Å²) in [7, 11) is 0. The molecule has 0 radical (unpaired) electrons. The molecule has 0 bridgehead atoms. The van der Waals surface area contributed by atoms with E-state index in [1.165, 1.54) is 11.3 Å². The van der Waals surface area contributed by atoms with E-state index in [0.717, 1.165) is 18.6 Å². The molecule has 0 spiro atoms. The summed E-state index contributed by atoms with van der Waals surface area (Å²) in [6.45, 7) is 1.83. The number of carboxylic acids is 1. The van der Waals surface area contributed by atoms with Crippen LogP contribution in [-0.4, -0.2) is 28.0 Å². The summed E-state index contributed by atoms with van der Waals surface area (Å²) in [6.07, 6.45) is 1.68. The molecule has 1 unspecified atom stereocenters. The van der Waals surface area contributed by atoms with Crippen molar-refractivity contribution in [2.75, 3.05) is 0 Å². The predicted octanol–water partition coefficient (Wildman–Crippen LogP) is 2.30. The topological polar surface area (TPSA) is 92.4 Å². The highest BCUT2D eigenvalue weighted by atomic mass is 32.1. The quantitative estimate of drug-likeness (QED) is 0.884. The molecule has 1 fully saturated rings. The van der Waals surface area contributed by atoms with Gasteiger partial charge in [0.1, 0.15) is 17.5 Å². The van der Waals surface area contributed by atoms with Crippen molar-refractivity contribution in [1.82, 2.24) is 10.3 Å². The van der Waals surface area contributed by atoms with E-state index in [0.29, 0.717) is 10.8 Å². The highest BCUT2D eigenvalue weighted by molar-refractivity contribution is 7.13. The molecule has 7 heteroatoms. The Balaban J connectivity index is 1.73. The Hall–Kier alpha value is -2.15. The number of carboxylic acid groups (broad SMARTS) is 1. The maximum atomic E-state index is 12.1. The number of thiazole rings is 1. The number of aryl methyl sites for hydroxylation is 1. The second kappa shape index (κ2) is 5.33. The molecule has 3 rings (SSSR count). The molecule has 2 aromatic heterocycles. The lowest BCUT2D eigenvalue weighted by molar-refractivity contribution is -0.139. The van der Waals surface area contributed by atoms with E-state index in [4.69, 9.17) is 9.52 Å². The van der Waals surface area contributed by atoms with Crippen molar-refractivity contribution < 1.29 is 19.1 Å². The van der Waals surface area contributed by atoms with Gasteiger partial charge in [-0.3, -0.25) is 4.79 Å². The van der Waals surface area contributed by atoms with Gasteiger partial charge in [-0.15, -0.1) is 11.3 Å². The van der Waals surface area contributed by atoms with Crippen molar-refractivity contribution in [2.24, 2.45) is 5.92 Å². The van der Waals surface area contributed by atoms with E-state index in [1.54, 1.807) is 11.4 Å². The van der Waals surface area contributed by atoms with Gasteiger partial charge in [-0.1, -0.05) is 0 Å². The molecule has 1 saturated carbocycles. The van der Waals surface area contributed by atoms with Crippen molar-refractivity contribution in [3.63, 3.8) is 0 Å². The van der Waals surface area contributed by atoms with Crippen LogP contribution in [0.15, 0.2) is 21.9 Å². The molecule has 110 valence electrons. The molecule has 2 aromatic rings. The van der Waals surface area contributed by atoms with Crippen LogP contribution in [0.5, 0.6) is 0 Å². The molecule has 1 aliphatic rings. The Morgan fingerprint density at radius 3 is 2.81 bits per heavy atom. The van der Waals surface area contributed by atoms with Crippen LogP contribution in [0.2, 0.25) is 0 Å². The molecule has 0 saturated heterocycles. The molecule has 0 aliphatic heterocycles. The number of nitrogens with one attached hydrogen (secondary N) is 1. The van der Waals surface area contributed by atoms with Crippen LogP contribution in [0.1, 0.15) is 29.1 Å². The van der Waals surface area contributed by atoms with Crippen LogP contribution in [-0.2, 0) is 4.79 Å². The highest BCUT2D eigenvalue weighted by Gasteiger charge is 2.37. The number of carbonyl (C=O) groups excluding carboxylic acids is 1. The fourth-order valence-electron chi connectivity index (χ4n) is 2.07. The number of rotatable bonds is 5. The standard InChI is InChI=1S/C14H14N2O4S/c1-7-2-5-10(20-7)13-15-9(6-21-13)12(17)16-11(14(18)19)8-3-4-8/h2,5-6,8,11H,3-4H2,1H3,(H,16,17)(H,18,19). The molecule has 21 heavy (non-hydrogen) atoms. The van der Waals surface area contributed by atoms with Crippen molar-refractivity contribution in [2.45, 2.75) is 25.8 Å². The van der Waals surface area contributed by atoms with E-state index in [9.17, 15) is 9.59 Å². The fraction of sp³-hybridized carbons (Fsp3) is 0.357. The Morgan fingerprint density at radius 1 is 1.48 bits per heavy atom. The maximum Gasteiger partial charge on any atom is 0.326 e. The molecule has 6 nitrogen and oxygen atoms in total. The molecule has 2 heterocycles. The minimum Gasteiger partial charge on any atom is -0.480 e. The lowest BCUT2D eigenvalue weighted by Crippen LogP contribution is -2.42. The Morgan fingerprint density at radius 2 is 2.24 bits per heavy atom. The molecular formula is C14H14N2O4S. The smallest absolute Gasteiger partial charge is 0.326 e. The number of amides is 1. The van der Waals surface area contributed by atoms with Gasteiger partial charge in [-0.2, -0.15) is 0 Å². The lowest BCUT2D eigenvalue weighted by Gasteiger charge is -2.12. The van der Waals surface area contributed by atoms with Gasteiger partial charge in [0.05, 0.1) is 0 Å². The van der Waals surface area contributed by atoms with E-state index in [1.807, 2.05) is 13.0 Å². The summed E-state index contributed by atoms with van der Waals surface area (Å²) < 4.78 is 5.45. The number of aliphatic carboxylic acids is 1. The Labute approximate surface area is 124 Å². The minimum atomic E-state index is -0.997. The average Bonchev–Trinajstić information content (AvgIpc) is 2.98. The van der Waals surface area contributed by atoms with Gasteiger partial charge in [-0.05, 0) is 37.8 Å². The monoisotopic (exact) mass is 306 g/mol. The second-order valence-corrected chi connectivity index (χ2v) is 5.93. The van der Waals surface area contributed by atoms with E-state index < -0.39 is 17.9 Å². The van der Waals surface area contributed by atoms with Gasteiger partial charge in [0.2, 0.25) is 0 Å². The van der Waals surface area contributed by atoms with E-state index in [2.05, 4.69) is 10.3 Å². The summed E-state index contributed by atoms with van der Waals surface area (Å²) in [4.78, 5) is 27.4. The summed E-state index contributed by atoms with van der Waals surface area (Å²) in [5.74, 6) is -0.0419. The third kappa shape index (κ3) is 2.97. The zero-order valence-corrected chi connectivity index (χ0v) is 12.1. The van der Waals surface area contributed by atoms with Gasteiger partial charge >= 0.3 is 5.97 Å². The lowest BCUT2D eigenvalue weighted by atomic mass is 10.2. The van der Waals surface area contributed by atoms with Gasteiger partial charge in [0.25, 0.3) is 5.91 Å². The van der Waals surface area contributed by atoms with Gasteiger partial charge in [-0.25, -0.2) is 9.78 Å². The Kier molecular flexibility index (Phi) is 3.50. The minimum absolute atomic E-state index is 0.0391. The molecule has 1 amide bonds. The van der Waals surface area contributed by atoms with E-state index >= 15 is 0 Å². The Bertz CT molecular complexity index is 687. The van der Waals surface area contributed by atoms with Crippen molar-refractivity contribution in [3.05, 3.63) is 29.0 Å². The first-order chi connectivity index (χ1) is 10.0. The average molecular weight is 306 g/mol. The molecule has 1 atom stereocenters. The zero-order valence-electron chi connectivity index (χ0n) is 11.3. The molecule has 0 aromatic carbocycles. The summed E-state index contributed by atoms with van der Waals surface area (Å²) in [5.41, 5.74) is 0.218. The molecular weight excluding hydrogens is 292 g/mol. The van der Waals surface area contributed by atoms with Crippen molar-refractivity contribution in [1.29, 1.82) is 0 Å². The summed E-state index contributed by atoms with van der Waals surface area (Å²) in [5, 5.41) is 13.9. The largest absolute Gasteiger partial charge is 0.480 e. The maximum absolute atomic E-state index is 12.1. The number of carbonyl (C=O) groups is 2. The first-order valence-electron chi connectivity index (χ1n) is 6.60. The highest BCUT2D eigenvalue weighted by Crippen LogP contribution is 2.33. The number of aromatic nitrogens is 1. The fourth-order valence-corrected chi connectivity index (χ4v) is 2.83. The first kappa shape index (κ1) is 13.8. The third-order valence-electron chi connectivity index (χ3n) is 3.33. The first-order valence-corrected chi connectivity index (χ1v) is 7.48. The van der Waals surface area contributed by atoms with Gasteiger partial charge in [0, 0.05) is 5.38 Å².